The molecule has 56 heavy (non-hydrogen) atoms. The molecule has 9 aromatic rings. The van der Waals surface area contributed by atoms with Crippen molar-refractivity contribution in [3.63, 3.8) is 0 Å². The Labute approximate surface area is 328 Å². The third-order valence-corrected chi connectivity index (χ3v) is 11.4. The number of aromatic nitrogens is 1. The Kier molecular flexibility index (Phi) is 8.19. The first kappa shape index (κ1) is 33.5. The number of fused-ring (bicyclic) bond motifs is 3. The van der Waals surface area contributed by atoms with Crippen LogP contribution in [-0.4, -0.2) is 4.98 Å². The van der Waals surface area contributed by atoms with Gasteiger partial charge in [-0.3, -0.25) is 4.98 Å². The van der Waals surface area contributed by atoms with Crippen LogP contribution in [0, 0.1) is 0 Å². The molecule has 10 rings (SSSR count). The minimum atomic E-state index is -0.0381. The normalized spacial score (nSPS) is 13.1. The van der Waals surface area contributed by atoms with E-state index in [1.54, 1.807) is 0 Å². The maximum atomic E-state index is 4.47. The maximum Gasteiger partial charge on any atom is 0.0462 e. The zero-order valence-electron chi connectivity index (χ0n) is 31.5. The quantitative estimate of drug-likeness (QED) is 0.163. The monoisotopic (exact) mass is 716 g/mol. The lowest BCUT2D eigenvalue weighted by atomic mass is 9.88. The number of pyridine rings is 1. The van der Waals surface area contributed by atoms with Crippen molar-refractivity contribution in [2.24, 2.45) is 0 Å². The average Bonchev–Trinajstić information content (AvgIpc) is 3.54. The summed E-state index contributed by atoms with van der Waals surface area (Å²) in [6.45, 7) is 4.55. The molecule has 8 aromatic carbocycles. The molecule has 1 aliphatic carbocycles. The molecule has 0 bridgehead atoms. The molecule has 0 saturated heterocycles. The summed E-state index contributed by atoms with van der Waals surface area (Å²) in [5, 5.41) is 5.02. The molecule has 2 nitrogen and oxygen atoms in total. The molecule has 0 N–H and O–H groups in total. The van der Waals surface area contributed by atoms with E-state index >= 15 is 0 Å². The number of nitrogens with zero attached hydrogens (tertiary/aromatic N) is 2. The molecule has 1 aromatic heterocycles. The van der Waals surface area contributed by atoms with Crippen LogP contribution in [0.3, 0.4) is 0 Å². The average molecular weight is 717 g/mol. The van der Waals surface area contributed by atoms with Crippen molar-refractivity contribution < 1.29 is 0 Å². The Bertz CT molecular complexity index is 2900. The SMILES string of the molecule is CC1(C)C=C(c2ccc(N(c3ccc(-c4ccc(-c5ccc6ccccc6c5)cc4)cc3)c3ccc(-c4ccc5ccccc5c4)cc3)cc2)c2cnccc21. The number of benzene rings is 8. The molecule has 0 aliphatic heterocycles. The minimum Gasteiger partial charge on any atom is -0.311 e. The summed E-state index contributed by atoms with van der Waals surface area (Å²) in [5.41, 5.74) is 15.5. The second kappa shape index (κ2) is 13.7. The van der Waals surface area contributed by atoms with Crippen LogP contribution in [0.4, 0.5) is 17.1 Å². The maximum absolute atomic E-state index is 4.47. The molecule has 0 radical (unpaired) electrons. The van der Waals surface area contributed by atoms with E-state index in [4.69, 9.17) is 0 Å². The molecule has 2 heteroatoms. The van der Waals surface area contributed by atoms with Gasteiger partial charge >= 0.3 is 0 Å². The smallest absolute Gasteiger partial charge is 0.0462 e. The van der Waals surface area contributed by atoms with Gasteiger partial charge in [-0.25, -0.2) is 0 Å². The van der Waals surface area contributed by atoms with Gasteiger partial charge in [0.1, 0.15) is 0 Å². The molecule has 0 spiro atoms. The van der Waals surface area contributed by atoms with Gasteiger partial charge in [-0.1, -0.05) is 153 Å². The fraction of sp³-hybridized carbons (Fsp3) is 0.0556. The van der Waals surface area contributed by atoms with Gasteiger partial charge in [0.05, 0.1) is 0 Å². The molecule has 0 atom stereocenters. The fourth-order valence-electron chi connectivity index (χ4n) is 8.36. The van der Waals surface area contributed by atoms with Crippen molar-refractivity contribution in [1.82, 2.24) is 4.98 Å². The van der Waals surface area contributed by atoms with E-state index in [-0.39, 0.29) is 5.41 Å². The molecule has 0 fully saturated rings. The Morgan fingerprint density at radius 3 is 1.27 bits per heavy atom. The first-order valence-electron chi connectivity index (χ1n) is 19.3. The van der Waals surface area contributed by atoms with E-state index in [1.807, 2.05) is 12.4 Å². The molecule has 0 amide bonds. The summed E-state index contributed by atoms with van der Waals surface area (Å²) in [6.07, 6.45) is 6.28. The Hall–Kier alpha value is -7.03. The fourth-order valence-corrected chi connectivity index (χ4v) is 8.36. The Morgan fingerprint density at radius 2 is 0.786 bits per heavy atom. The lowest BCUT2D eigenvalue weighted by Gasteiger charge is -2.26. The number of anilines is 3. The number of allylic oxidation sites excluding steroid dienone is 1. The highest BCUT2D eigenvalue weighted by molar-refractivity contribution is 5.90. The number of rotatable bonds is 7. The van der Waals surface area contributed by atoms with Gasteiger partial charge in [-0.05, 0) is 126 Å². The van der Waals surface area contributed by atoms with Crippen molar-refractivity contribution >= 4 is 44.2 Å². The van der Waals surface area contributed by atoms with Crippen LogP contribution >= 0.6 is 0 Å². The summed E-state index contributed by atoms with van der Waals surface area (Å²) in [5.74, 6) is 0. The van der Waals surface area contributed by atoms with Gasteiger partial charge in [0, 0.05) is 40.4 Å². The van der Waals surface area contributed by atoms with Gasteiger partial charge in [0.15, 0.2) is 0 Å². The van der Waals surface area contributed by atoms with Gasteiger partial charge in [-0.15, -0.1) is 0 Å². The van der Waals surface area contributed by atoms with Crippen LogP contribution in [0.5, 0.6) is 0 Å². The highest BCUT2D eigenvalue weighted by Crippen LogP contribution is 2.44. The summed E-state index contributed by atoms with van der Waals surface area (Å²) >= 11 is 0. The van der Waals surface area contributed by atoms with E-state index in [0.29, 0.717) is 0 Å². The summed E-state index contributed by atoms with van der Waals surface area (Å²) in [7, 11) is 0. The molecule has 0 saturated carbocycles. The third kappa shape index (κ3) is 6.16. The number of hydrogen-bond donors (Lipinski definition) is 0. The largest absolute Gasteiger partial charge is 0.311 e. The van der Waals surface area contributed by atoms with Crippen LogP contribution in [0.1, 0.15) is 30.5 Å². The topological polar surface area (TPSA) is 16.1 Å². The highest BCUT2D eigenvalue weighted by atomic mass is 15.1. The van der Waals surface area contributed by atoms with Gasteiger partial charge in [0.25, 0.3) is 0 Å². The van der Waals surface area contributed by atoms with Gasteiger partial charge in [0.2, 0.25) is 0 Å². The van der Waals surface area contributed by atoms with Crippen LogP contribution in [0.2, 0.25) is 0 Å². The van der Waals surface area contributed by atoms with Crippen molar-refractivity contribution in [1.29, 1.82) is 0 Å². The van der Waals surface area contributed by atoms with Crippen LogP contribution in [0.25, 0.3) is 60.5 Å². The predicted octanol–water partition coefficient (Wildman–Crippen LogP) is 14.6. The van der Waals surface area contributed by atoms with Crippen LogP contribution < -0.4 is 4.90 Å². The standard InChI is InChI=1S/C54H40N2/c1-54(2)35-51(52-36-55-32-31-53(52)54)43-23-29-50(30-24-43)56(49-27-21-42(22-28-49)47-18-16-38-8-4-6-10-45(38)34-47)48-25-19-40(20-26-48)39-11-13-41(14-12-39)46-17-15-37-7-3-5-9-44(37)33-46/h3-36H,1-2H3. The second-order valence-electron chi connectivity index (χ2n) is 15.4. The predicted molar refractivity (Wildman–Crippen MR) is 237 cm³/mol. The molecule has 1 aliphatic rings. The molecule has 1 heterocycles. The minimum absolute atomic E-state index is 0.0381. The summed E-state index contributed by atoms with van der Waals surface area (Å²) in [6, 6.07) is 68.4. The second-order valence-corrected chi connectivity index (χ2v) is 15.4. The van der Waals surface area contributed by atoms with Crippen LogP contribution in [-0.2, 0) is 5.41 Å². The molecule has 266 valence electrons. The van der Waals surface area contributed by atoms with E-state index < -0.39 is 0 Å². The highest BCUT2D eigenvalue weighted by Gasteiger charge is 2.30. The first-order valence-corrected chi connectivity index (χ1v) is 19.3. The first-order chi connectivity index (χ1) is 27.5. The van der Waals surface area contributed by atoms with Gasteiger partial charge < -0.3 is 4.90 Å². The van der Waals surface area contributed by atoms with E-state index in [9.17, 15) is 0 Å². The Morgan fingerprint density at radius 1 is 0.393 bits per heavy atom. The summed E-state index contributed by atoms with van der Waals surface area (Å²) < 4.78 is 0. The molecular formula is C54H40N2. The summed E-state index contributed by atoms with van der Waals surface area (Å²) in [4.78, 5) is 6.82. The van der Waals surface area contributed by atoms with Crippen molar-refractivity contribution in [2.75, 3.05) is 4.90 Å². The molecule has 0 unspecified atom stereocenters. The zero-order valence-corrected chi connectivity index (χ0v) is 31.5. The van der Waals surface area contributed by atoms with Crippen LogP contribution in [0.15, 0.2) is 207 Å². The van der Waals surface area contributed by atoms with Crippen molar-refractivity contribution in [2.45, 2.75) is 19.3 Å². The van der Waals surface area contributed by atoms with Crippen molar-refractivity contribution in [3.8, 4) is 33.4 Å². The third-order valence-electron chi connectivity index (χ3n) is 11.4. The number of hydrogen-bond acceptors (Lipinski definition) is 2. The van der Waals surface area contributed by atoms with Gasteiger partial charge in [-0.2, -0.15) is 0 Å². The Balaban J connectivity index is 0.982. The lowest BCUT2D eigenvalue weighted by molar-refractivity contribution is 0.682. The molecular weight excluding hydrogens is 677 g/mol. The van der Waals surface area contributed by atoms with E-state index in [0.717, 1.165) is 17.1 Å². The van der Waals surface area contributed by atoms with E-state index in [2.05, 4.69) is 218 Å². The lowest BCUT2D eigenvalue weighted by Crippen LogP contribution is -2.10. The van der Waals surface area contributed by atoms with E-state index in [1.165, 1.54) is 77.2 Å². The van der Waals surface area contributed by atoms with Crippen molar-refractivity contribution in [3.05, 3.63) is 223 Å². The zero-order chi connectivity index (χ0) is 37.6.